The van der Waals surface area contributed by atoms with Crippen LogP contribution in [0.25, 0.3) is 16.6 Å². The second kappa shape index (κ2) is 7.29. The molecule has 154 valence electrons. The molecule has 4 aromatic rings. The van der Waals surface area contributed by atoms with Crippen molar-refractivity contribution in [2.24, 2.45) is 0 Å². The topological polar surface area (TPSA) is 38.1 Å². The number of rotatable bonds is 4. The molecule has 0 saturated heterocycles. The minimum absolute atomic E-state index is 0.179. The molecule has 0 aliphatic carbocycles. The summed E-state index contributed by atoms with van der Waals surface area (Å²) in [6, 6.07) is 19.5. The summed E-state index contributed by atoms with van der Waals surface area (Å²) in [6.45, 7) is 3.92. The van der Waals surface area contributed by atoms with Crippen molar-refractivity contribution in [2.45, 2.75) is 31.5 Å². The maximum Gasteiger partial charge on any atom is 0.425 e. The zero-order chi connectivity index (χ0) is 21.5. The van der Waals surface area contributed by atoms with Gasteiger partial charge in [-0.15, -0.1) is 0 Å². The predicted octanol–water partition coefficient (Wildman–Crippen LogP) is 5.95. The molecule has 3 aromatic carbocycles. The highest BCUT2D eigenvalue weighted by Crippen LogP contribution is 2.45. The summed E-state index contributed by atoms with van der Waals surface area (Å²) in [6.07, 6.45) is -3.39. The Morgan fingerprint density at radius 2 is 1.50 bits per heavy atom. The van der Waals surface area contributed by atoms with Gasteiger partial charge in [0.05, 0.1) is 17.4 Å². The van der Waals surface area contributed by atoms with Crippen LogP contribution >= 0.6 is 0 Å². The molecule has 0 saturated carbocycles. The second-order valence-electron chi connectivity index (χ2n) is 7.65. The Morgan fingerprint density at radius 1 is 0.867 bits per heavy atom. The highest BCUT2D eigenvalue weighted by Gasteiger charge is 2.56. The third kappa shape index (κ3) is 3.27. The van der Waals surface area contributed by atoms with E-state index in [1.807, 2.05) is 44.2 Å². The van der Waals surface area contributed by atoms with Gasteiger partial charge in [-0.1, -0.05) is 62.4 Å². The van der Waals surface area contributed by atoms with Crippen LogP contribution < -0.4 is 0 Å². The van der Waals surface area contributed by atoms with Crippen molar-refractivity contribution in [1.82, 2.24) is 9.78 Å². The summed E-state index contributed by atoms with van der Waals surface area (Å²) in [5.41, 5.74) is -1.21. The van der Waals surface area contributed by atoms with Gasteiger partial charge < -0.3 is 5.11 Å². The highest BCUT2D eigenvalue weighted by atomic mass is 19.4. The first-order valence-corrected chi connectivity index (χ1v) is 9.65. The third-order valence-corrected chi connectivity index (χ3v) is 5.39. The monoisotopic (exact) mass is 410 g/mol. The van der Waals surface area contributed by atoms with Crippen molar-refractivity contribution < 1.29 is 18.3 Å². The Kier molecular flexibility index (Phi) is 4.90. The minimum Gasteiger partial charge on any atom is -0.372 e. The first-order chi connectivity index (χ1) is 14.2. The lowest BCUT2D eigenvalue weighted by Gasteiger charge is -2.32. The number of alkyl halides is 3. The maximum atomic E-state index is 14.1. The van der Waals surface area contributed by atoms with Gasteiger partial charge in [-0.2, -0.15) is 18.3 Å². The Labute approximate surface area is 172 Å². The number of para-hydroxylation sites is 1. The van der Waals surface area contributed by atoms with Crippen LogP contribution in [-0.4, -0.2) is 21.1 Å². The highest BCUT2D eigenvalue weighted by molar-refractivity contribution is 5.81. The lowest BCUT2D eigenvalue weighted by molar-refractivity contribution is -0.248. The van der Waals surface area contributed by atoms with Crippen molar-refractivity contribution in [3.05, 3.63) is 95.7 Å². The lowest BCUT2D eigenvalue weighted by Crippen LogP contribution is -2.43. The Balaban J connectivity index is 1.84. The number of hydrogen-bond acceptors (Lipinski definition) is 2. The molecule has 0 bridgehead atoms. The summed E-state index contributed by atoms with van der Waals surface area (Å²) in [4.78, 5) is 0. The van der Waals surface area contributed by atoms with Crippen LogP contribution in [0.4, 0.5) is 13.2 Å². The van der Waals surface area contributed by atoms with Gasteiger partial charge in [0.1, 0.15) is 0 Å². The molecule has 1 heterocycles. The Bertz CT molecular complexity index is 1160. The van der Waals surface area contributed by atoms with Gasteiger partial charge >= 0.3 is 6.18 Å². The van der Waals surface area contributed by atoms with Crippen molar-refractivity contribution in [3.63, 3.8) is 0 Å². The molecule has 0 spiro atoms. The van der Waals surface area contributed by atoms with Crippen LogP contribution in [0.1, 0.15) is 36.5 Å². The molecule has 0 radical (unpaired) electrons. The first kappa shape index (κ1) is 20.2. The fraction of sp³-hybridized carbons (Fsp3) is 0.208. The van der Waals surface area contributed by atoms with E-state index in [0.29, 0.717) is 10.9 Å². The maximum absolute atomic E-state index is 14.1. The van der Waals surface area contributed by atoms with Crippen molar-refractivity contribution in [2.75, 3.05) is 0 Å². The van der Waals surface area contributed by atoms with E-state index in [1.54, 1.807) is 22.9 Å². The molecule has 30 heavy (non-hydrogen) atoms. The lowest BCUT2D eigenvalue weighted by atomic mass is 9.84. The molecule has 0 aliphatic rings. The third-order valence-electron chi connectivity index (χ3n) is 5.39. The number of fused-ring (bicyclic) bond motifs is 1. The zero-order valence-corrected chi connectivity index (χ0v) is 16.6. The zero-order valence-electron chi connectivity index (χ0n) is 16.6. The van der Waals surface area contributed by atoms with E-state index in [2.05, 4.69) is 5.10 Å². The predicted molar refractivity (Wildman–Crippen MR) is 111 cm³/mol. The molecule has 0 aliphatic heterocycles. The summed E-state index contributed by atoms with van der Waals surface area (Å²) in [5.74, 6) is 0.179. The average molecular weight is 410 g/mol. The van der Waals surface area contributed by atoms with E-state index in [1.165, 1.54) is 30.5 Å². The molecular weight excluding hydrogens is 389 g/mol. The van der Waals surface area contributed by atoms with Crippen LogP contribution in [-0.2, 0) is 5.60 Å². The van der Waals surface area contributed by atoms with Crippen molar-refractivity contribution >= 4 is 10.9 Å². The number of aromatic nitrogens is 2. The van der Waals surface area contributed by atoms with Gasteiger partial charge in [0.15, 0.2) is 0 Å². The first-order valence-electron chi connectivity index (χ1n) is 9.65. The van der Waals surface area contributed by atoms with Gasteiger partial charge in [0.25, 0.3) is 0 Å². The van der Waals surface area contributed by atoms with Gasteiger partial charge in [0, 0.05) is 5.39 Å². The van der Waals surface area contributed by atoms with E-state index in [4.69, 9.17) is 0 Å². The molecule has 1 aromatic heterocycles. The van der Waals surface area contributed by atoms with Crippen LogP contribution in [0, 0.1) is 0 Å². The summed E-state index contributed by atoms with van der Waals surface area (Å²) < 4.78 is 44.1. The van der Waals surface area contributed by atoms with Gasteiger partial charge in [-0.25, -0.2) is 4.68 Å². The fourth-order valence-electron chi connectivity index (χ4n) is 3.64. The molecule has 1 N–H and O–H groups in total. The number of benzene rings is 3. The van der Waals surface area contributed by atoms with Crippen LogP contribution in [0.5, 0.6) is 0 Å². The molecule has 6 heteroatoms. The molecule has 3 nitrogen and oxygen atoms in total. The van der Waals surface area contributed by atoms with E-state index in [9.17, 15) is 18.3 Å². The molecular formula is C24H21F3N2O. The van der Waals surface area contributed by atoms with Crippen LogP contribution in [0.15, 0.2) is 79.0 Å². The molecule has 0 fully saturated rings. The second-order valence-corrected chi connectivity index (χ2v) is 7.65. The fourth-order valence-corrected chi connectivity index (χ4v) is 3.64. The van der Waals surface area contributed by atoms with E-state index in [0.717, 1.165) is 11.3 Å². The Morgan fingerprint density at radius 3 is 2.10 bits per heavy atom. The molecule has 1 atom stereocenters. The van der Waals surface area contributed by atoms with E-state index >= 15 is 0 Å². The smallest absolute Gasteiger partial charge is 0.372 e. The molecule has 1 unspecified atom stereocenters. The summed E-state index contributed by atoms with van der Waals surface area (Å²) in [5, 5.41) is 15.8. The van der Waals surface area contributed by atoms with E-state index < -0.39 is 11.8 Å². The number of halogens is 3. The molecule has 0 amide bonds. The SMILES string of the molecule is CC(C)c1ccc(C(O)(c2ccc3c(cnn3-c3ccccc3)c2)C(F)(F)F)cc1. The van der Waals surface area contributed by atoms with Gasteiger partial charge in [-0.05, 0) is 46.9 Å². The van der Waals surface area contributed by atoms with Crippen molar-refractivity contribution in [3.8, 4) is 5.69 Å². The molecule has 4 rings (SSSR count). The number of nitrogens with zero attached hydrogens (tertiary/aromatic N) is 2. The standard InChI is InChI=1S/C24H21F3N2O/c1-16(2)17-8-10-19(11-9-17)23(30,24(25,26)27)20-12-13-22-18(14-20)15-28-29(22)21-6-4-3-5-7-21/h3-16,30H,1-2H3. The largest absolute Gasteiger partial charge is 0.425 e. The van der Waals surface area contributed by atoms with Crippen LogP contribution in [0.2, 0.25) is 0 Å². The van der Waals surface area contributed by atoms with Crippen molar-refractivity contribution in [1.29, 1.82) is 0 Å². The van der Waals surface area contributed by atoms with E-state index in [-0.39, 0.29) is 17.0 Å². The van der Waals surface area contributed by atoms with Gasteiger partial charge in [-0.3, -0.25) is 0 Å². The average Bonchev–Trinajstić information content (AvgIpc) is 3.16. The summed E-state index contributed by atoms with van der Waals surface area (Å²) in [7, 11) is 0. The minimum atomic E-state index is -4.89. The summed E-state index contributed by atoms with van der Waals surface area (Å²) >= 11 is 0. The van der Waals surface area contributed by atoms with Gasteiger partial charge in [0.2, 0.25) is 5.60 Å². The Hall–Kier alpha value is -3.12. The number of hydrogen-bond donors (Lipinski definition) is 1. The van der Waals surface area contributed by atoms with Crippen LogP contribution in [0.3, 0.4) is 0 Å². The quantitative estimate of drug-likeness (QED) is 0.452. The number of aliphatic hydroxyl groups is 1. The normalized spacial score (nSPS) is 14.2.